The van der Waals surface area contributed by atoms with E-state index in [1.54, 1.807) is 0 Å². The lowest BCUT2D eigenvalue weighted by Crippen LogP contribution is -2.35. The summed E-state index contributed by atoms with van der Waals surface area (Å²) in [7, 11) is 0. The topological polar surface area (TPSA) is 52.0 Å². The summed E-state index contributed by atoms with van der Waals surface area (Å²) in [5, 5.41) is 0. The van der Waals surface area contributed by atoms with E-state index in [1.807, 2.05) is 13.8 Å². The maximum atomic E-state index is 5.62. The Morgan fingerprint density at radius 3 is 1.11 bits per heavy atom. The minimum Gasteiger partial charge on any atom is -0.324 e. The van der Waals surface area contributed by atoms with Crippen molar-refractivity contribution in [2.24, 2.45) is 11.5 Å². The molecule has 4 N–H and O–H groups in total. The molecule has 1 saturated carbocycles. The third-order valence-electron chi connectivity index (χ3n) is 1.91. The number of rotatable bonds is 0. The molecule has 4 heteroatoms. The van der Waals surface area contributed by atoms with Crippen LogP contribution < -0.4 is 11.5 Å². The molecule has 9 heavy (non-hydrogen) atoms. The monoisotopic (exact) mass is 260 g/mol. The summed E-state index contributed by atoms with van der Waals surface area (Å²) >= 11 is 0. The Balaban J connectivity index is 0. The molecule has 0 radical (unpaired) electrons. The highest BCUT2D eigenvalue weighted by molar-refractivity contribution is 8.93. The molecular weight excluding hydrogens is 248 g/mol. The summed E-state index contributed by atoms with van der Waals surface area (Å²) in [5.74, 6) is 0. The van der Waals surface area contributed by atoms with Gasteiger partial charge in [0.05, 0.1) is 0 Å². The number of halogens is 2. The van der Waals surface area contributed by atoms with Crippen LogP contribution in [0.5, 0.6) is 0 Å². The largest absolute Gasteiger partial charge is 0.324 e. The highest BCUT2D eigenvalue weighted by Gasteiger charge is 2.55. The van der Waals surface area contributed by atoms with Crippen LogP contribution in [0.25, 0.3) is 0 Å². The standard InChI is InChI=1S/C5H12N2.2BrH/c1-4(6)3-5(4,2)7;;/h3,6-7H2,1-2H3;2*1H. The summed E-state index contributed by atoms with van der Waals surface area (Å²) in [6, 6.07) is 0. The number of hydrogen-bond acceptors (Lipinski definition) is 2. The smallest absolute Gasteiger partial charge is 0.0324 e. The Bertz CT molecular complexity index is 89.1. The summed E-state index contributed by atoms with van der Waals surface area (Å²) in [6.07, 6.45) is 0.958. The molecule has 0 aromatic heterocycles. The van der Waals surface area contributed by atoms with Crippen molar-refractivity contribution in [1.29, 1.82) is 0 Å². The fraction of sp³-hybridized carbons (Fsp3) is 1.00. The van der Waals surface area contributed by atoms with Crippen LogP contribution in [0.2, 0.25) is 0 Å². The lowest BCUT2D eigenvalue weighted by Gasteiger charge is -2.05. The first-order chi connectivity index (χ1) is 2.96. The summed E-state index contributed by atoms with van der Waals surface area (Å²) in [4.78, 5) is 0. The van der Waals surface area contributed by atoms with Crippen molar-refractivity contribution in [3.05, 3.63) is 0 Å². The van der Waals surface area contributed by atoms with E-state index in [4.69, 9.17) is 11.5 Å². The zero-order valence-electron chi connectivity index (χ0n) is 5.68. The van der Waals surface area contributed by atoms with Crippen LogP contribution in [0.15, 0.2) is 0 Å². The van der Waals surface area contributed by atoms with E-state index in [2.05, 4.69) is 0 Å². The Kier molecular flexibility index (Phi) is 3.99. The predicted molar refractivity (Wildman–Crippen MR) is 50.4 cm³/mol. The van der Waals surface area contributed by atoms with Crippen LogP contribution in [0.1, 0.15) is 20.3 Å². The van der Waals surface area contributed by atoms with E-state index in [0.29, 0.717) is 0 Å². The Morgan fingerprint density at radius 1 is 1.00 bits per heavy atom. The van der Waals surface area contributed by atoms with Crippen LogP contribution in [0.4, 0.5) is 0 Å². The lowest BCUT2D eigenvalue weighted by molar-refractivity contribution is 0.603. The van der Waals surface area contributed by atoms with E-state index in [1.165, 1.54) is 0 Å². The third kappa shape index (κ3) is 2.18. The van der Waals surface area contributed by atoms with Crippen LogP contribution in [0, 0.1) is 0 Å². The molecule has 0 aliphatic heterocycles. The zero-order valence-corrected chi connectivity index (χ0v) is 9.10. The van der Waals surface area contributed by atoms with E-state index in [9.17, 15) is 0 Å². The fourth-order valence-corrected chi connectivity index (χ4v) is 0.719. The van der Waals surface area contributed by atoms with Crippen molar-refractivity contribution >= 4 is 34.0 Å². The second-order valence-electron chi connectivity index (χ2n) is 3.01. The SMILES string of the molecule is Br.Br.CC1(N)CC1(C)N. The molecule has 0 amide bonds. The highest BCUT2D eigenvalue weighted by atomic mass is 79.9. The Hall–Kier alpha value is 0.880. The first-order valence-electron chi connectivity index (χ1n) is 2.53. The summed E-state index contributed by atoms with van der Waals surface area (Å²) in [5.41, 5.74) is 11.1. The van der Waals surface area contributed by atoms with E-state index in [0.717, 1.165) is 6.42 Å². The molecule has 58 valence electrons. The van der Waals surface area contributed by atoms with Gasteiger partial charge in [-0.25, -0.2) is 0 Å². The minimum absolute atomic E-state index is 0. The molecule has 0 aromatic rings. The molecule has 0 aromatic carbocycles. The van der Waals surface area contributed by atoms with Crippen LogP contribution in [-0.4, -0.2) is 11.1 Å². The van der Waals surface area contributed by atoms with Crippen LogP contribution >= 0.6 is 34.0 Å². The molecule has 1 fully saturated rings. The maximum absolute atomic E-state index is 5.62. The first kappa shape index (κ1) is 12.5. The molecule has 0 spiro atoms. The van der Waals surface area contributed by atoms with Gasteiger partial charge >= 0.3 is 0 Å². The molecule has 0 heterocycles. The van der Waals surface area contributed by atoms with Gasteiger partial charge < -0.3 is 11.5 Å². The molecule has 2 atom stereocenters. The van der Waals surface area contributed by atoms with Gasteiger partial charge in [0.25, 0.3) is 0 Å². The summed E-state index contributed by atoms with van der Waals surface area (Å²) in [6.45, 7) is 3.96. The molecule has 0 saturated heterocycles. The molecule has 2 unspecified atom stereocenters. The molecular formula is C5H14Br2N2. The van der Waals surface area contributed by atoms with Gasteiger partial charge in [0, 0.05) is 11.1 Å². The third-order valence-corrected chi connectivity index (χ3v) is 1.91. The minimum atomic E-state index is -0.0764. The van der Waals surface area contributed by atoms with Gasteiger partial charge in [-0.3, -0.25) is 0 Å². The van der Waals surface area contributed by atoms with Gasteiger partial charge in [-0.05, 0) is 20.3 Å². The van der Waals surface area contributed by atoms with Crippen molar-refractivity contribution in [2.75, 3.05) is 0 Å². The summed E-state index contributed by atoms with van der Waals surface area (Å²) < 4.78 is 0. The fourth-order valence-electron chi connectivity index (χ4n) is 0.719. The van der Waals surface area contributed by atoms with Crippen molar-refractivity contribution in [3.63, 3.8) is 0 Å². The average molecular weight is 262 g/mol. The van der Waals surface area contributed by atoms with Crippen LogP contribution in [-0.2, 0) is 0 Å². The van der Waals surface area contributed by atoms with Gasteiger partial charge in [0.1, 0.15) is 0 Å². The van der Waals surface area contributed by atoms with Crippen molar-refractivity contribution in [3.8, 4) is 0 Å². The van der Waals surface area contributed by atoms with Crippen LogP contribution in [0.3, 0.4) is 0 Å². The Morgan fingerprint density at radius 2 is 1.11 bits per heavy atom. The van der Waals surface area contributed by atoms with E-state index in [-0.39, 0.29) is 45.0 Å². The molecule has 1 aliphatic rings. The van der Waals surface area contributed by atoms with Crippen molar-refractivity contribution < 1.29 is 0 Å². The van der Waals surface area contributed by atoms with Gasteiger partial charge in [-0.15, -0.1) is 34.0 Å². The Labute approximate surface area is 76.9 Å². The van der Waals surface area contributed by atoms with Gasteiger partial charge in [0.2, 0.25) is 0 Å². The first-order valence-corrected chi connectivity index (χ1v) is 2.53. The lowest BCUT2D eigenvalue weighted by atomic mass is 10.2. The van der Waals surface area contributed by atoms with Crippen molar-refractivity contribution in [1.82, 2.24) is 0 Å². The quantitative estimate of drug-likeness (QED) is 0.683. The average Bonchev–Trinajstić information content (AvgIpc) is 1.63. The van der Waals surface area contributed by atoms with Gasteiger partial charge in [-0.2, -0.15) is 0 Å². The van der Waals surface area contributed by atoms with Gasteiger partial charge in [-0.1, -0.05) is 0 Å². The number of hydrogen-bond donors (Lipinski definition) is 2. The van der Waals surface area contributed by atoms with E-state index < -0.39 is 0 Å². The molecule has 2 nitrogen and oxygen atoms in total. The van der Waals surface area contributed by atoms with E-state index >= 15 is 0 Å². The van der Waals surface area contributed by atoms with Crippen molar-refractivity contribution in [2.45, 2.75) is 31.3 Å². The molecule has 0 bridgehead atoms. The molecule has 1 rings (SSSR count). The zero-order chi connectivity index (χ0) is 5.71. The normalized spacial score (nSPS) is 46.7. The number of nitrogens with two attached hydrogens (primary N) is 2. The second-order valence-corrected chi connectivity index (χ2v) is 3.01. The highest BCUT2D eigenvalue weighted by Crippen LogP contribution is 2.41. The predicted octanol–water partition coefficient (Wildman–Crippen LogP) is 0.981. The second kappa shape index (κ2) is 2.86. The maximum Gasteiger partial charge on any atom is 0.0324 e. The molecule has 1 aliphatic carbocycles. The van der Waals surface area contributed by atoms with Gasteiger partial charge in [0.15, 0.2) is 0 Å².